The Morgan fingerprint density at radius 3 is 2.70 bits per heavy atom. The van der Waals surface area contributed by atoms with Gasteiger partial charge < -0.3 is 15.2 Å². The molecule has 0 saturated carbocycles. The summed E-state index contributed by atoms with van der Waals surface area (Å²) < 4.78 is 10.3. The normalized spacial score (nSPS) is 12.2. The molecule has 1 atom stereocenters. The molecule has 0 amide bonds. The van der Waals surface area contributed by atoms with E-state index in [0.29, 0.717) is 12.4 Å². The van der Waals surface area contributed by atoms with E-state index in [4.69, 9.17) is 15.2 Å². The van der Waals surface area contributed by atoms with Crippen LogP contribution in [0, 0.1) is 0 Å². The number of nitrogens with two attached hydrogens (primary N) is 1. The van der Waals surface area contributed by atoms with Gasteiger partial charge in [-0.3, -0.25) is 4.79 Å². The molecule has 0 spiro atoms. The van der Waals surface area contributed by atoms with Gasteiger partial charge in [0, 0.05) is 11.6 Å². The van der Waals surface area contributed by atoms with Crippen molar-refractivity contribution in [3.05, 3.63) is 42.0 Å². The van der Waals surface area contributed by atoms with Crippen molar-refractivity contribution in [3.8, 4) is 5.75 Å². The van der Waals surface area contributed by atoms with E-state index in [0.717, 1.165) is 16.3 Å². The second kappa shape index (κ2) is 6.39. The van der Waals surface area contributed by atoms with Gasteiger partial charge in [-0.2, -0.15) is 0 Å². The lowest BCUT2D eigenvalue weighted by atomic mass is 9.96. The molecule has 20 heavy (non-hydrogen) atoms. The van der Waals surface area contributed by atoms with Crippen LogP contribution in [-0.4, -0.2) is 19.7 Å². The summed E-state index contributed by atoms with van der Waals surface area (Å²) in [5.74, 6) is 0.399. The zero-order valence-corrected chi connectivity index (χ0v) is 11.8. The minimum absolute atomic E-state index is 0.137. The van der Waals surface area contributed by atoms with Crippen molar-refractivity contribution in [2.45, 2.75) is 19.4 Å². The van der Waals surface area contributed by atoms with Crippen molar-refractivity contribution in [1.29, 1.82) is 0 Å². The lowest BCUT2D eigenvalue weighted by molar-refractivity contribution is -0.143. The van der Waals surface area contributed by atoms with Gasteiger partial charge in [0.25, 0.3) is 0 Å². The van der Waals surface area contributed by atoms with Crippen LogP contribution in [0.25, 0.3) is 10.8 Å². The Bertz CT molecular complexity index is 610. The monoisotopic (exact) mass is 273 g/mol. The molecule has 2 N–H and O–H groups in total. The fraction of sp³-hybridized carbons (Fsp3) is 0.312. The van der Waals surface area contributed by atoms with Gasteiger partial charge in [0.1, 0.15) is 5.75 Å². The molecule has 0 fully saturated rings. The third-order valence-corrected chi connectivity index (χ3v) is 3.21. The van der Waals surface area contributed by atoms with Crippen LogP contribution in [-0.2, 0) is 9.53 Å². The fourth-order valence-corrected chi connectivity index (χ4v) is 2.34. The van der Waals surface area contributed by atoms with E-state index in [1.54, 1.807) is 14.0 Å². The number of benzene rings is 2. The van der Waals surface area contributed by atoms with Gasteiger partial charge in [-0.25, -0.2) is 0 Å². The number of carbonyl (C=O) groups excluding carboxylic acids is 1. The Labute approximate surface area is 118 Å². The number of fused-ring (bicyclic) bond motifs is 1. The van der Waals surface area contributed by atoms with Crippen LogP contribution in [0.5, 0.6) is 5.75 Å². The summed E-state index contributed by atoms with van der Waals surface area (Å²) in [6, 6.07) is 11.3. The number of ether oxygens (including phenoxy) is 2. The van der Waals surface area contributed by atoms with Crippen LogP contribution in [0.4, 0.5) is 0 Å². The molecule has 1 unspecified atom stereocenters. The molecule has 0 radical (unpaired) electrons. The van der Waals surface area contributed by atoms with Crippen molar-refractivity contribution in [3.63, 3.8) is 0 Å². The fourth-order valence-electron chi connectivity index (χ4n) is 2.34. The molecule has 2 aromatic carbocycles. The molecule has 2 aromatic rings. The lowest BCUT2D eigenvalue weighted by Gasteiger charge is -2.17. The van der Waals surface area contributed by atoms with E-state index in [-0.39, 0.29) is 12.4 Å². The first-order valence-electron chi connectivity index (χ1n) is 6.64. The highest BCUT2D eigenvalue weighted by atomic mass is 16.5. The predicted molar refractivity (Wildman–Crippen MR) is 78.7 cm³/mol. The van der Waals surface area contributed by atoms with E-state index in [1.807, 2.05) is 36.4 Å². The van der Waals surface area contributed by atoms with E-state index in [9.17, 15) is 4.79 Å². The molecule has 0 aromatic heterocycles. The van der Waals surface area contributed by atoms with Crippen LogP contribution < -0.4 is 10.5 Å². The molecule has 4 heteroatoms. The molecule has 2 rings (SSSR count). The van der Waals surface area contributed by atoms with Crippen LogP contribution in [0.1, 0.15) is 24.9 Å². The second-order valence-electron chi connectivity index (χ2n) is 4.52. The maximum atomic E-state index is 11.6. The number of rotatable bonds is 5. The Hall–Kier alpha value is -2.07. The number of methoxy groups -OCH3 is 1. The van der Waals surface area contributed by atoms with Crippen molar-refractivity contribution >= 4 is 16.7 Å². The smallest absolute Gasteiger partial charge is 0.307 e. The molecule has 0 heterocycles. The van der Waals surface area contributed by atoms with E-state index < -0.39 is 6.04 Å². The van der Waals surface area contributed by atoms with Gasteiger partial charge in [0.15, 0.2) is 0 Å². The highest BCUT2D eigenvalue weighted by Crippen LogP contribution is 2.33. The minimum Gasteiger partial charge on any atom is -0.496 e. The Morgan fingerprint density at radius 1 is 1.25 bits per heavy atom. The third kappa shape index (κ3) is 2.91. The molecule has 0 aliphatic rings. The number of hydrogen-bond acceptors (Lipinski definition) is 4. The summed E-state index contributed by atoms with van der Waals surface area (Å²) in [7, 11) is 1.60. The van der Waals surface area contributed by atoms with Gasteiger partial charge in [0.2, 0.25) is 0 Å². The molecule has 4 nitrogen and oxygen atoms in total. The van der Waals surface area contributed by atoms with Crippen molar-refractivity contribution in [2.24, 2.45) is 5.73 Å². The van der Waals surface area contributed by atoms with Crippen LogP contribution >= 0.6 is 0 Å². The van der Waals surface area contributed by atoms with Crippen LogP contribution in [0.3, 0.4) is 0 Å². The van der Waals surface area contributed by atoms with Crippen LogP contribution in [0.15, 0.2) is 36.4 Å². The maximum Gasteiger partial charge on any atom is 0.307 e. The summed E-state index contributed by atoms with van der Waals surface area (Å²) in [5.41, 5.74) is 7.03. The summed E-state index contributed by atoms with van der Waals surface area (Å²) >= 11 is 0. The van der Waals surface area contributed by atoms with Gasteiger partial charge in [-0.15, -0.1) is 0 Å². The van der Waals surface area contributed by atoms with Gasteiger partial charge in [0.05, 0.1) is 20.1 Å². The Balaban J connectivity index is 2.42. The number of hydrogen-bond donors (Lipinski definition) is 1. The van der Waals surface area contributed by atoms with Crippen LogP contribution in [0.2, 0.25) is 0 Å². The second-order valence-corrected chi connectivity index (χ2v) is 4.52. The summed E-state index contributed by atoms with van der Waals surface area (Å²) in [6.45, 7) is 2.14. The lowest BCUT2D eigenvalue weighted by Crippen LogP contribution is -2.18. The quantitative estimate of drug-likeness (QED) is 0.851. The SMILES string of the molecule is CCOC(=O)CC(N)c1c(OC)ccc2ccccc12. The first kappa shape index (κ1) is 14.3. The van der Waals surface area contributed by atoms with Crippen molar-refractivity contribution in [2.75, 3.05) is 13.7 Å². The zero-order chi connectivity index (χ0) is 14.5. The summed E-state index contributed by atoms with van der Waals surface area (Å²) in [4.78, 5) is 11.6. The van der Waals surface area contributed by atoms with Gasteiger partial charge in [-0.1, -0.05) is 30.3 Å². The Kier molecular flexibility index (Phi) is 4.58. The number of esters is 1. The van der Waals surface area contributed by atoms with Crippen molar-refractivity contribution in [1.82, 2.24) is 0 Å². The summed E-state index contributed by atoms with van der Waals surface area (Å²) in [6.07, 6.45) is 0.137. The van der Waals surface area contributed by atoms with Crippen molar-refractivity contribution < 1.29 is 14.3 Å². The molecular formula is C16H19NO3. The molecule has 0 aliphatic carbocycles. The van der Waals surface area contributed by atoms with Gasteiger partial charge in [-0.05, 0) is 23.8 Å². The molecule has 0 saturated heterocycles. The maximum absolute atomic E-state index is 11.6. The first-order chi connectivity index (χ1) is 9.67. The number of carbonyl (C=O) groups is 1. The van der Waals surface area contributed by atoms with E-state index in [1.165, 1.54) is 0 Å². The Morgan fingerprint density at radius 2 is 2.00 bits per heavy atom. The summed E-state index contributed by atoms with van der Waals surface area (Å²) in [5, 5.41) is 2.08. The molecule has 106 valence electrons. The third-order valence-electron chi connectivity index (χ3n) is 3.21. The standard InChI is InChI=1S/C16H19NO3/c1-3-20-15(18)10-13(17)16-12-7-5-4-6-11(12)8-9-14(16)19-2/h4-9,13H,3,10,17H2,1-2H3. The average molecular weight is 273 g/mol. The molecule has 0 bridgehead atoms. The predicted octanol–water partition coefficient (Wildman–Crippen LogP) is 2.80. The van der Waals surface area contributed by atoms with Gasteiger partial charge >= 0.3 is 5.97 Å². The minimum atomic E-state index is -0.449. The first-order valence-corrected chi connectivity index (χ1v) is 6.64. The highest BCUT2D eigenvalue weighted by molar-refractivity contribution is 5.88. The largest absolute Gasteiger partial charge is 0.496 e. The molecular weight excluding hydrogens is 254 g/mol. The van der Waals surface area contributed by atoms with E-state index in [2.05, 4.69) is 0 Å². The van der Waals surface area contributed by atoms with E-state index >= 15 is 0 Å². The topological polar surface area (TPSA) is 61.5 Å². The average Bonchev–Trinajstić information content (AvgIpc) is 2.46. The zero-order valence-electron chi connectivity index (χ0n) is 11.8. The molecule has 0 aliphatic heterocycles. The highest BCUT2D eigenvalue weighted by Gasteiger charge is 2.19.